The summed E-state index contributed by atoms with van der Waals surface area (Å²) >= 11 is 7.81. The van der Waals surface area contributed by atoms with E-state index in [1.54, 1.807) is 18.3 Å². The number of carbonyl (C=O) groups excluding carboxylic acids is 1. The Morgan fingerprint density at radius 2 is 1.85 bits per heavy atom. The molecule has 1 N–H and O–H groups in total. The molecule has 0 fully saturated rings. The van der Waals surface area contributed by atoms with Gasteiger partial charge >= 0.3 is 0 Å². The highest BCUT2D eigenvalue weighted by Crippen LogP contribution is 2.34. The van der Waals surface area contributed by atoms with Crippen molar-refractivity contribution in [2.75, 3.05) is 5.32 Å². The molecule has 0 aliphatic carbocycles. The summed E-state index contributed by atoms with van der Waals surface area (Å²) in [5.41, 5.74) is 0.781. The molecule has 8 heteroatoms. The van der Waals surface area contributed by atoms with Crippen LogP contribution in [-0.2, 0) is 0 Å². The molecule has 0 saturated heterocycles. The van der Waals surface area contributed by atoms with Gasteiger partial charge in [-0.3, -0.25) is 4.79 Å². The summed E-state index contributed by atoms with van der Waals surface area (Å²) < 4.78 is 39.9. The zero-order valence-electron chi connectivity index (χ0n) is 17.8. The Bertz CT molecular complexity index is 1190. The second-order valence-corrected chi connectivity index (χ2v) is 9.29. The van der Waals surface area contributed by atoms with E-state index in [9.17, 15) is 18.0 Å². The predicted molar refractivity (Wildman–Crippen MR) is 126 cm³/mol. The van der Waals surface area contributed by atoms with Crippen LogP contribution in [0.3, 0.4) is 0 Å². The van der Waals surface area contributed by atoms with E-state index in [2.05, 4.69) is 22.1 Å². The third kappa shape index (κ3) is 7.01. The number of hydrogen-bond donors (Lipinski definition) is 1. The van der Waals surface area contributed by atoms with Gasteiger partial charge in [0.1, 0.15) is 5.69 Å². The maximum Gasteiger partial charge on any atom is 0.255 e. The third-order valence-electron chi connectivity index (χ3n) is 4.56. The summed E-state index contributed by atoms with van der Waals surface area (Å²) in [5.74, 6) is 1.41. The average molecular weight is 489 g/mol. The number of halogens is 4. The van der Waals surface area contributed by atoms with Gasteiger partial charge in [0, 0.05) is 45.6 Å². The molecule has 2 atom stereocenters. The number of rotatable bonds is 6. The van der Waals surface area contributed by atoms with E-state index in [-0.39, 0.29) is 22.4 Å². The Labute approximate surface area is 199 Å². The quantitative estimate of drug-likeness (QED) is 0.231. The molecule has 3 nitrogen and oxygen atoms in total. The molecule has 2 aromatic carbocycles. The highest BCUT2D eigenvalue weighted by molar-refractivity contribution is 8.00. The molecular formula is C25H20ClF3N2OS. The highest BCUT2D eigenvalue weighted by atomic mass is 35.5. The van der Waals surface area contributed by atoms with Gasteiger partial charge in [0.25, 0.3) is 5.91 Å². The molecule has 3 aromatic rings. The Morgan fingerprint density at radius 3 is 2.52 bits per heavy atom. The molecule has 1 aromatic heterocycles. The molecule has 33 heavy (non-hydrogen) atoms. The second-order valence-electron chi connectivity index (χ2n) is 7.40. The summed E-state index contributed by atoms with van der Waals surface area (Å²) in [6.07, 6.45) is 2.48. The van der Waals surface area contributed by atoms with Gasteiger partial charge in [-0.2, -0.15) is 0 Å². The van der Waals surface area contributed by atoms with Crippen molar-refractivity contribution in [3.8, 4) is 11.8 Å². The van der Waals surface area contributed by atoms with E-state index >= 15 is 0 Å². The first kappa shape index (κ1) is 24.7. The normalized spacial score (nSPS) is 12.4. The van der Waals surface area contributed by atoms with E-state index in [1.165, 1.54) is 17.8 Å². The van der Waals surface area contributed by atoms with Gasteiger partial charge in [-0.25, -0.2) is 18.2 Å². The fourth-order valence-electron chi connectivity index (χ4n) is 3.02. The first-order chi connectivity index (χ1) is 15.7. The fourth-order valence-corrected chi connectivity index (χ4v) is 4.47. The number of benzene rings is 2. The van der Waals surface area contributed by atoms with Gasteiger partial charge in [0.05, 0.1) is 5.02 Å². The number of nitrogens with one attached hydrogen (secondary N) is 1. The van der Waals surface area contributed by atoms with Crippen molar-refractivity contribution in [1.29, 1.82) is 0 Å². The number of amides is 1. The Balaban J connectivity index is 1.66. The summed E-state index contributed by atoms with van der Waals surface area (Å²) in [6.45, 7) is 4.07. The molecule has 3 rings (SSSR count). The van der Waals surface area contributed by atoms with Crippen molar-refractivity contribution in [2.24, 2.45) is 5.92 Å². The monoisotopic (exact) mass is 488 g/mol. The predicted octanol–water partition coefficient (Wildman–Crippen LogP) is 6.96. The first-order valence-corrected chi connectivity index (χ1v) is 11.3. The third-order valence-corrected chi connectivity index (χ3v) is 6.19. The van der Waals surface area contributed by atoms with Crippen molar-refractivity contribution in [3.63, 3.8) is 0 Å². The Morgan fingerprint density at radius 1 is 1.12 bits per heavy atom. The first-order valence-electron chi connectivity index (χ1n) is 10.1. The van der Waals surface area contributed by atoms with Crippen molar-refractivity contribution in [2.45, 2.75) is 30.4 Å². The van der Waals surface area contributed by atoms with E-state index in [0.29, 0.717) is 15.6 Å². The van der Waals surface area contributed by atoms with Gasteiger partial charge < -0.3 is 5.32 Å². The van der Waals surface area contributed by atoms with E-state index in [4.69, 9.17) is 11.6 Å². The maximum atomic E-state index is 13.4. The lowest BCUT2D eigenvalue weighted by molar-refractivity contribution is 0.102. The van der Waals surface area contributed by atoms with Crippen molar-refractivity contribution in [3.05, 3.63) is 88.5 Å². The van der Waals surface area contributed by atoms with Gasteiger partial charge in [-0.1, -0.05) is 37.4 Å². The molecular weight excluding hydrogens is 469 g/mol. The van der Waals surface area contributed by atoms with Crippen LogP contribution >= 0.6 is 23.4 Å². The van der Waals surface area contributed by atoms with Crippen LogP contribution in [0.2, 0.25) is 5.02 Å². The lowest BCUT2D eigenvalue weighted by atomic mass is 10.1. The lowest BCUT2D eigenvalue weighted by Crippen LogP contribution is -2.13. The van der Waals surface area contributed by atoms with Crippen molar-refractivity contribution < 1.29 is 18.0 Å². The molecule has 0 bridgehead atoms. The van der Waals surface area contributed by atoms with Gasteiger partial charge in [-0.15, -0.1) is 11.8 Å². The molecule has 2 unspecified atom stereocenters. The van der Waals surface area contributed by atoms with Crippen LogP contribution in [0.25, 0.3) is 0 Å². The summed E-state index contributed by atoms with van der Waals surface area (Å²) in [7, 11) is 0. The van der Waals surface area contributed by atoms with Crippen LogP contribution in [0, 0.1) is 35.2 Å². The molecule has 0 spiro atoms. The Kier molecular flexibility index (Phi) is 8.43. The van der Waals surface area contributed by atoms with E-state index in [1.807, 2.05) is 32.0 Å². The minimum absolute atomic E-state index is 0.114. The second kappa shape index (κ2) is 11.3. The molecule has 0 aliphatic heterocycles. The molecule has 170 valence electrons. The lowest BCUT2D eigenvalue weighted by Gasteiger charge is -2.15. The minimum atomic E-state index is -1.59. The van der Waals surface area contributed by atoms with Crippen LogP contribution in [0.4, 0.5) is 18.9 Å². The number of hydrogen-bond acceptors (Lipinski definition) is 3. The number of thioether (sulfide) groups is 1. The highest BCUT2D eigenvalue weighted by Gasteiger charge is 2.16. The van der Waals surface area contributed by atoms with Gasteiger partial charge in [0.2, 0.25) is 0 Å². The standard InChI is InChI=1S/C25H20ClF3N2OS/c1-15(6-8-18-5-3-4-10-30-18)11-16(2)33-23-12-17(7-9-20(23)26)25(32)31-19-13-21(27)24(29)22(28)14-19/h3-5,7,9-10,12-16H,11H2,1-2H3,(H,31,32). The van der Waals surface area contributed by atoms with Crippen LogP contribution in [0.5, 0.6) is 0 Å². The number of aromatic nitrogens is 1. The fraction of sp³-hybridized carbons (Fsp3) is 0.200. The van der Waals surface area contributed by atoms with E-state index in [0.717, 1.165) is 18.6 Å². The van der Waals surface area contributed by atoms with Crippen LogP contribution in [-0.4, -0.2) is 16.1 Å². The minimum Gasteiger partial charge on any atom is -0.322 e. The van der Waals surface area contributed by atoms with Crippen LogP contribution in [0.1, 0.15) is 36.3 Å². The number of carbonyl (C=O) groups is 1. The summed E-state index contributed by atoms with van der Waals surface area (Å²) in [4.78, 5) is 17.4. The Hall–Kier alpha value is -2.95. The smallest absolute Gasteiger partial charge is 0.255 e. The molecule has 1 heterocycles. The molecule has 0 radical (unpaired) electrons. The number of nitrogens with zero attached hydrogens (tertiary/aromatic N) is 1. The summed E-state index contributed by atoms with van der Waals surface area (Å²) in [6, 6.07) is 11.7. The summed E-state index contributed by atoms with van der Waals surface area (Å²) in [5, 5.41) is 3.00. The SMILES string of the molecule is CC(C#Cc1ccccn1)CC(C)Sc1cc(C(=O)Nc2cc(F)c(F)c(F)c2)ccc1Cl. The zero-order chi connectivity index (χ0) is 24.0. The van der Waals surface area contributed by atoms with Gasteiger partial charge in [-0.05, 0) is 42.7 Å². The number of anilines is 1. The van der Waals surface area contributed by atoms with Crippen molar-refractivity contribution >= 4 is 35.0 Å². The topological polar surface area (TPSA) is 42.0 Å². The average Bonchev–Trinajstić information content (AvgIpc) is 2.78. The van der Waals surface area contributed by atoms with Crippen LogP contribution < -0.4 is 5.32 Å². The maximum absolute atomic E-state index is 13.4. The molecule has 1 amide bonds. The zero-order valence-corrected chi connectivity index (χ0v) is 19.4. The molecule has 0 aliphatic rings. The number of pyridine rings is 1. The van der Waals surface area contributed by atoms with E-state index < -0.39 is 23.4 Å². The molecule has 0 saturated carbocycles. The van der Waals surface area contributed by atoms with Gasteiger partial charge in [0.15, 0.2) is 17.5 Å². The largest absolute Gasteiger partial charge is 0.322 e. The van der Waals surface area contributed by atoms with Crippen molar-refractivity contribution in [1.82, 2.24) is 4.98 Å². The van der Waals surface area contributed by atoms with Crippen LogP contribution in [0.15, 0.2) is 59.6 Å².